The lowest BCUT2D eigenvalue weighted by Crippen LogP contribution is -2.34. The van der Waals surface area contributed by atoms with Gasteiger partial charge in [-0.15, -0.1) is 0 Å². The van der Waals surface area contributed by atoms with Crippen LogP contribution in [0.15, 0.2) is 27.7 Å². The number of nitrogens with zero attached hydrogens (tertiary/aromatic N) is 3. The zero-order chi connectivity index (χ0) is 19.5. The van der Waals surface area contributed by atoms with E-state index in [4.69, 9.17) is 0 Å². The Morgan fingerprint density at radius 1 is 1.33 bits per heavy atom. The number of halogens is 1. The quantitative estimate of drug-likeness (QED) is 0.755. The topological polar surface area (TPSA) is 84.3 Å². The molecule has 1 aromatic carbocycles. The van der Waals surface area contributed by atoms with Gasteiger partial charge in [0.05, 0.1) is 16.9 Å². The second-order valence-electron chi connectivity index (χ2n) is 7.36. The standard InChI is InChI=1S/C18H21BrN4O3S/c1-10-16(9-22(3)20-10)27(25,26)21-15-7-14(19)6-13-8-23(18(24)17(13)15)11(2)12-4-5-12/h6-7,9,11-12,21H,4-5,8H2,1-3H3/t11-/m0/s1. The van der Waals surface area contributed by atoms with Gasteiger partial charge in [-0.3, -0.25) is 14.2 Å². The lowest BCUT2D eigenvalue weighted by molar-refractivity contribution is 0.0698. The van der Waals surface area contributed by atoms with E-state index < -0.39 is 10.0 Å². The van der Waals surface area contributed by atoms with E-state index >= 15 is 0 Å². The second kappa shape index (κ2) is 6.34. The number of carbonyl (C=O) groups excluding carboxylic acids is 1. The Kier molecular flexibility index (Phi) is 4.34. The molecule has 144 valence electrons. The maximum atomic E-state index is 13.1. The van der Waals surface area contributed by atoms with E-state index in [1.807, 2.05) is 11.0 Å². The Bertz CT molecular complexity index is 1040. The molecular weight excluding hydrogens is 432 g/mol. The average molecular weight is 453 g/mol. The lowest BCUT2D eigenvalue weighted by atomic mass is 10.1. The van der Waals surface area contributed by atoms with Crippen molar-refractivity contribution in [1.82, 2.24) is 14.7 Å². The largest absolute Gasteiger partial charge is 0.331 e. The first-order valence-corrected chi connectivity index (χ1v) is 11.1. The minimum Gasteiger partial charge on any atom is -0.331 e. The molecular formula is C18H21BrN4O3S. The third-order valence-electron chi connectivity index (χ3n) is 5.30. The molecule has 2 aliphatic rings. The van der Waals surface area contributed by atoms with E-state index in [0.717, 1.165) is 22.9 Å². The molecule has 1 amide bonds. The predicted octanol–water partition coefficient (Wildman–Crippen LogP) is 3.05. The summed E-state index contributed by atoms with van der Waals surface area (Å²) in [5, 5.41) is 4.10. The molecule has 1 aromatic heterocycles. The van der Waals surface area contributed by atoms with Crippen molar-refractivity contribution >= 4 is 37.5 Å². The van der Waals surface area contributed by atoms with Gasteiger partial charge in [0.25, 0.3) is 15.9 Å². The molecule has 4 rings (SSSR count). The molecule has 1 N–H and O–H groups in total. The van der Waals surface area contributed by atoms with Crippen molar-refractivity contribution < 1.29 is 13.2 Å². The molecule has 1 saturated carbocycles. The van der Waals surface area contributed by atoms with Crippen molar-refractivity contribution in [2.45, 2.75) is 44.2 Å². The van der Waals surface area contributed by atoms with Gasteiger partial charge in [0, 0.05) is 30.3 Å². The molecule has 0 unspecified atom stereocenters. The zero-order valence-corrected chi connectivity index (χ0v) is 17.8. The maximum absolute atomic E-state index is 13.1. The van der Waals surface area contributed by atoms with Gasteiger partial charge < -0.3 is 4.90 Å². The number of carbonyl (C=O) groups is 1. The number of nitrogens with one attached hydrogen (secondary N) is 1. The Morgan fingerprint density at radius 3 is 2.63 bits per heavy atom. The van der Waals surface area contributed by atoms with Crippen molar-refractivity contribution in [3.8, 4) is 0 Å². The number of hydrogen-bond donors (Lipinski definition) is 1. The van der Waals surface area contributed by atoms with Gasteiger partial charge in [-0.2, -0.15) is 5.10 Å². The molecule has 9 heteroatoms. The summed E-state index contributed by atoms with van der Waals surface area (Å²) in [6, 6.07) is 3.69. The molecule has 0 spiro atoms. The Labute approximate surface area is 166 Å². The van der Waals surface area contributed by atoms with Crippen LogP contribution >= 0.6 is 15.9 Å². The molecule has 1 aliphatic carbocycles. The Hall–Kier alpha value is -1.87. The van der Waals surface area contributed by atoms with Crippen molar-refractivity contribution in [2.24, 2.45) is 13.0 Å². The van der Waals surface area contributed by atoms with Crippen LogP contribution in [0.3, 0.4) is 0 Å². The van der Waals surface area contributed by atoms with Gasteiger partial charge in [-0.25, -0.2) is 8.42 Å². The Morgan fingerprint density at radius 2 is 2.04 bits per heavy atom. The van der Waals surface area contributed by atoms with Crippen LogP contribution in [0.1, 0.15) is 41.4 Å². The van der Waals surface area contributed by atoms with E-state index in [1.165, 1.54) is 10.9 Å². The number of aryl methyl sites for hydroxylation is 2. The Balaban J connectivity index is 1.71. The summed E-state index contributed by atoms with van der Waals surface area (Å²) in [7, 11) is -2.18. The van der Waals surface area contributed by atoms with Crippen LogP contribution in [0.5, 0.6) is 0 Å². The fourth-order valence-corrected chi connectivity index (χ4v) is 5.51. The first kappa shape index (κ1) is 18.5. The third kappa shape index (κ3) is 3.27. The molecule has 27 heavy (non-hydrogen) atoms. The molecule has 0 radical (unpaired) electrons. The van der Waals surface area contributed by atoms with Crippen LogP contribution in [0.25, 0.3) is 0 Å². The van der Waals surface area contributed by atoms with E-state index in [0.29, 0.717) is 29.4 Å². The number of benzene rings is 1. The summed E-state index contributed by atoms with van der Waals surface area (Å²) in [6.07, 6.45) is 3.74. The van der Waals surface area contributed by atoms with Crippen LogP contribution in [0.2, 0.25) is 0 Å². The first-order chi connectivity index (χ1) is 12.7. The third-order valence-corrected chi connectivity index (χ3v) is 7.22. The van der Waals surface area contributed by atoms with Gasteiger partial charge in [-0.1, -0.05) is 15.9 Å². The van der Waals surface area contributed by atoms with Crippen molar-refractivity contribution in [1.29, 1.82) is 0 Å². The minimum atomic E-state index is -3.85. The van der Waals surface area contributed by atoms with E-state index in [1.54, 1.807) is 20.0 Å². The lowest BCUT2D eigenvalue weighted by Gasteiger charge is -2.24. The number of fused-ring (bicyclic) bond motifs is 1. The minimum absolute atomic E-state index is 0.104. The molecule has 0 bridgehead atoms. The highest BCUT2D eigenvalue weighted by atomic mass is 79.9. The van der Waals surface area contributed by atoms with Gasteiger partial charge in [0.2, 0.25) is 0 Å². The fraction of sp³-hybridized carbons (Fsp3) is 0.444. The highest BCUT2D eigenvalue weighted by Crippen LogP contribution is 2.40. The number of aromatic nitrogens is 2. The molecule has 1 fully saturated rings. The van der Waals surface area contributed by atoms with E-state index in [9.17, 15) is 13.2 Å². The van der Waals surface area contributed by atoms with Gasteiger partial charge in [0.1, 0.15) is 4.90 Å². The van der Waals surface area contributed by atoms with Crippen LogP contribution in [0.4, 0.5) is 5.69 Å². The summed E-state index contributed by atoms with van der Waals surface area (Å²) in [5.41, 5.74) is 1.99. The molecule has 1 aliphatic heterocycles. The molecule has 1 atom stereocenters. The first-order valence-electron chi connectivity index (χ1n) is 8.84. The fourth-order valence-electron chi connectivity index (χ4n) is 3.72. The summed E-state index contributed by atoms with van der Waals surface area (Å²) in [6.45, 7) is 4.22. The van der Waals surface area contributed by atoms with Gasteiger partial charge in [0.15, 0.2) is 0 Å². The average Bonchev–Trinajstić information content (AvgIpc) is 3.28. The monoisotopic (exact) mass is 452 g/mol. The number of anilines is 1. The van der Waals surface area contributed by atoms with E-state index in [-0.39, 0.29) is 16.8 Å². The molecule has 0 saturated heterocycles. The molecule has 7 nitrogen and oxygen atoms in total. The van der Waals surface area contributed by atoms with Crippen LogP contribution < -0.4 is 4.72 Å². The zero-order valence-electron chi connectivity index (χ0n) is 15.4. The number of hydrogen-bond acceptors (Lipinski definition) is 4. The number of sulfonamides is 1. The maximum Gasteiger partial charge on any atom is 0.265 e. The smallest absolute Gasteiger partial charge is 0.265 e. The van der Waals surface area contributed by atoms with Gasteiger partial charge in [-0.05, 0) is 50.3 Å². The van der Waals surface area contributed by atoms with Crippen molar-refractivity contribution in [3.05, 3.63) is 39.6 Å². The predicted molar refractivity (Wildman–Crippen MR) is 105 cm³/mol. The normalized spacial score (nSPS) is 17.9. The molecule has 2 aromatic rings. The number of amides is 1. The second-order valence-corrected chi connectivity index (χ2v) is 9.92. The summed E-state index contributed by atoms with van der Waals surface area (Å²) < 4.78 is 30.6. The summed E-state index contributed by atoms with van der Waals surface area (Å²) in [4.78, 5) is 15.0. The van der Waals surface area contributed by atoms with Crippen molar-refractivity contribution in [2.75, 3.05) is 4.72 Å². The van der Waals surface area contributed by atoms with Crippen LogP contribution in [-0.4, -0.2) is 35.0 Å². The summed E-state index contributed by atoms with van der Waals surface area (Å²) >= 11 is 3.44. The highest BCUT2D eigenvalue weighted by molar-refractivity contribution is 9.10. The number of rotatable bonds is 5. The van der Waals surface area contributed by atoms with Gasteiger partial charge >= 0.3 is 0 Å². The summed E-state index contributed by atoms with van der Waals surface area (Å²) in [5.74, 6) is 0.433. The van der Waals surface area contributed by atoms with Crippen LogP contribution in [-0.2, 0) is 23.6 Å². The molecule has 2 heterocycles. The van der Waals surface area contributed by atoms with E-state index in [2.05, 4.69) is 32.7 Å². The SMILES string of the molecule is Cc1nn(C)cc1S(=O)(=O)Nc1cc(Br)cc2c1C(=O)N([C@@H](C)C1CC1)C2. The highest BCUT2D eigenvalue weighted by Gasteiger charge is 2.40. The van der Waals surface area contributed by atoms with Crippen molar-refractivity contribution in [3.63, 3.8) is 0 Å². The van der Waals surface area contributed by atoms with Crippen LogP contribution in [0, 0.1) is 12.8 Å².